The van der Waals surface area contributed by atoms with Gasteiger partial charge in [-0.05, 0) is 55.1 Å². The molecule has 0 aromatic heterocycles. The van der Waals surface area contributed by atoms with Gasteiger partial charge in [0.25, 0.3) is 0 Å². The Balaban J connectivity index is 1.71. The third-order valence-electron chi connectivity index (χ3n) is 10.8. The van der Waals surface area contributed by atoms with Crippen LogP contribution in [0.3, 0.4) is 0 Å². The van der Waals surface area contributed by atoms with E-state index in [0.717, 1.165) is 19.3 Å². The standard InChI is InChI=1S/C31H40O7/c1-18(32)36-23-12-13-28(3,4)26-25(38-27(35)20-10-8-7-9-11-20)24(37-19(2)33)21-16-22(34)29(5)14-15-31(21,17-29)30(23,26)6/h7-11,21,23-26H,12-17H2,1-6H3/t21-,23+,24+,25+,26-,29+,30+,31+/m1/s1. The molecule has 38 heavy (non-hydrogen) atoms. The number of esters is 3. The van der Waals surface area contributed by atoms with Gasteiger partial charge in [-0.15, -0.1) is 0 Å². The first-order chi connectivity index (χ1) is 17.7. The Labute approximate surface area is 225 Å². The molecule has 1 aromatic carbocycles. The molecule has 1 spiro atoms. The Hall–Kier alpha value is -2.70. The maximum atomic E-state index is 13.5. The smallest absolute Gasteiger partial charge is 0.338 e. The molecule has 8 atom stereocenters. The summed E-state index contributed by atoms with van der Waals surface area (Å²) in [5.41, 5.74) is -1.36. The second-order valence-electron chi connectivity index (χ2n) is 13.3. The number of rotatable bonds is 4. The summed E-state index contributed by atoms with van der Waals surface area (Å²) in [6.45, 7) is 11.4. The van der Waals surface area contributed by atoms with E-state index in [0.29, 0.717) is 18.4 Å². The van der Waals surface area contributed by atoms with Crippen molar-refractivity contribution < 1.29 is 33.4 Å². The molecule has 0 saturated heterocycles. The highest BCUT2D eigenvalue weighted by Gasteiger charge is 2.77. The highest BCUT2D eigenvalue weighted by atomic mass is 16.6. The molecule has 0 amide bonds. The van der Waals surface area contributed by atoms with Crippen molar-refractivity contribution in [2.75, 3.05) is 0 Å². The zero-order chi connectivity index (χ0) is 27.7. The Morgan fingerprint density at radius 3 is 2.13 bits per heavy atom. The normalized spacial score (nSPS) is 40.9. The van der Waals surface area contributed by atoms with Crippen LogP contribution in [0, 0.1) is 33.5 Å². The molecule has 0 unspecified atom stereocenters. The predicted molar refractivity (Wildman–Crippen MR) is 139 cm³/mol. The van der Waals surface area contributed by atoms with Crippen molar-refractivity contribution in [2.45, 2.75) is 98.4 Å². The second kappa shape index (κ2) is 8.92. The Kier molecular flexibility index (Phi) is 6.31. The van der Waals surface area contributed by atoms with Crippen molar-refractivity contribution in [3.05, 3.63) is 35.9 Å². The number of benzene rings is 1. The van der Waals surface area contributed by atoms with Crippen molar-refractivity contribution in [1.82, 2.24) is 0 Å². The lowest BCUT2D eigenvalue weighted by molar-refractivity contribution is -0.289. The number of ketones is 1. The quantitative estimate of drug-likeness (QED) is 0.390. The molecule has 7 nitrogen and oxygen atoms in total. The Bertz CT molecular complexity index is 1160. The summed E-state index contributed by atoms with van der Waals surface area (Å²) < 4.78 is 18.5. The van der Waals surface area contributed by atoms with E-state index < -0.39 is 46.5 Å². The minimum Gasteiger partial charge on any atom is -0.462 e. The molecule has 7 heteroatoms. The summed E-state index contributed by atoms with van der Waals surface area (Å²) in [4.78, 5) is 52.0. The van der Waals surface area contributed by atoms with E-state index in [1.54, 1.807) is 24.3 Å². The van der Waals surface area contributed by atoms with Crippen molar-refractivity contribution in [1.29, 1.82) is 0 Å². The van der Waals surface area contributed by atoms with Crippen LogP contribution in [0.4, 0.5) is 0 Å². The first-order valence-electron chi connectivity index (χ1n) is 13.9. The Morgan fingerprint density at radius 1 is 0.842 bits per heavy atom. The Morgan fingerprint density at radius 2 is 1.50 bits per heavy atom. The lowest BCUT2D eigenvalue weighted by Gasteiger charge is -2.70. The first kappa shape index (κ1) is 26.9. The van der Waals surface area contributed by atoms with E-state index in [4.69, 9.17) is 14.2 Å². The van der Waals surface area contributed by atoms with E-state index in [-0.39, 0.29) is 35.4 Å². The molecule has 1 aromatic rings. The van der Waals surface area contributed by atoms with Crippen LogP contribution in [0.1, 0.15) is 90.4 Å². The average molecular weight is 525 g/mol. The summed E-state index contributed by atoms with van der Waals surface area (Å²) >= 11 is 0. The van der Waals surface area contributed by atoms with Crippen molar-refractivity contribution in [3.63, 3.8) is 0 Å². The lowest BCUT2D eigenvalue weighted by atomic mass is 9.36. The zero-order valence-corrected chi connectivity index (χ0v) is 23.4. The minimum absolute atomic E-state index is 0.169. The number of carbonyl (C=O) groups is 4. The van der Waals surface area contributed by atoms with Gasteiger partial charge in [0, 0.05) is 42.9 Å². The van der Waals surface area contributed by atoms with Gasteiger partial charge in [-0.3, -0.25) is 14.4 Å². The summed E-state index contributed by atoms with van der Waals surface area (Å²) in [7, 11) is 0. The molecule has 0 heterocycles. The molecule has 0 N–H and O–H groups in total. The average Bonchev–Trinajstić information content (AvgIpc) is 3.16. The van der Waals surface area contributed by atoms with Gasteiger partial charge in [0.1, 0.15) is 24.1 Å². The van der Waals surface area contributed by atoms with E-state index in [2.05, 4.69) is 27.7 Å². The third-order valence-corrected chi connectivity index (χ3v) is 10.8. The molecule has 4 fully saturated rings. The van der Waals surface area contributed by atoms with Gasteiger partial charge < -0.3 is 14.2 Å². The van der Waals surface area contributed by atoms with Gasteiger partial charge in [-0.25, -0.2) is 4.79 Å². The van der Waals surface area contributed by atoms with Crippen molar-refractivity contribution >= 4 is 23.7 Å². The van der Waals surface area contributed by atoms with E-state index in [9.17, 15) is 19.2 Å². The molecule has 4 aliphatic carbocycles. The summed E-state index contributed by atoms with van der Waals surface area (Å²) in [6, 6.07) is 8.79. The minimum atomic E-state index is -0.793. The topological polar surface area (TPSA) is 96.0 Å². The highest BCUT2D eigenvalue weighted by molar-refractivity contribution is 5.89. The van der Waals surface area contributed by atoms with Gasteiger partial charge in [-0.2, -0.15) is 0 Å². The van der Waals surface area contributed by atoms with E-state index >= 15 is 0 Å². The fraction of sp³-hybridized carbons (Fsp3) is 0.677. The molecule has 5 rings (SSSR count). The molecule has 206 valence electrons. The van der Waals surface area contributed by atoms with Crippen LogP contribution in [-0.4, -0.2) is 42.0 Å². The monoisotopic (exact) mass is 524 g/mol. The van der Waals surface area contributed by atoms with Crippen LogP contribution in [0.25, 0.3) is 0 Å². The maximum absolute atomic E-state index is 13.5. The molecule has 4 aliphatic rings. The predicted octanol–water partition coefficient (Wildman–Crippen LogP) is 5.30. The fourth-order valence-electron chi connectivity index (χ4n) is 9.29. The molecular weight excluding hydrogens is 484 g/mol. The van der Waals surface area contributed by atoms with Gasteiger partial charge in [0.2, 0.25) is 0 Å². The van der Waals surface area contributed by atoms with Crippen LogP contribution >= 0.6 is 0 Å². The summed E-state index contributed by atoms with van der Waals surface area (Å²) in [6.07, 6.45) is 1.93. The van der Waals surface area contributed by atoms with E-state index in [1.807, 2.05) is 6.07 Å². The number of hydrogen-bond acceptors (Lipinski definition) is 7. The largest absolute Gasteiger partial charge is 0.462 e. The van der Waals surface area contributed by atoms with E-state index in [1.165, 1.54) is 13.8 Å². The van der Waals surface area contributed by atoms with Gasteiger partial charge in [0.15, 0.2) is 0 Å². The van der Waals surface area contributed by atoms with Crippen molar-refractivity contribution in [3.8, 4) is 0 Å². The number of Topliss-reactive ketones (excluding diaryl/α,β-unsaturated/α-hetero) is 1. The van der Waals surface area contributed by atoms with Gasteiger partial charge in [0.05, 0.1) is 5.56 Å². The fourth-order valence-corrected chi connectivity index (χ4v) is 9.29. The molecule has 0 radical (unpaired) electrons. The first-order valence-corrected chi connectivity index (χ1v) is 13.9. The maximum Gasteiger partial charge on any atom is 0.338 e. The molecular formula is C31H40O7. The third kappa shape index (κ3) is 3.83. The SMILES string of the molecule is CC(=O)O[C@@H]1[C@H](OC(=O)c2ccccc2)[C@@H]2C(C)(C)CC[C@H](OC(C)=O)[C@]2(C)[C@@]23CC[C@@](C)(C2)C(=O)C[C@H]13. The molecule has 4 saturated carbocycles. The number of hydrogen-bond donors (Lipinski definition) is 0. The van der Waals surface area contributed by atoms with Crippen LogP contribution in [-0.2, 0) is 28.6 Å². The van der Waals surface area contributed by atoms with Crippen LogP contribution in [0.2, 0.25) is 0 Å². The summed E-state index contributed by atoms with van der Waals surface area (Å²) in [5, 5.41) is 0. The van der Waals surface area contributed by atoms with Gasteiger partial charge >= 0.3 is 17.9 Å². The van der Waals surface area contributed by atoms with Gasteiger partial charge in [-0.1, -0.05) is 45.9 Å². The number of fused-ring (bicyclic) bond motifs is 2. The van der Waals surface area contributed by atoms with Crippen LogP contribution < -0.4 is 0 Å². The zero-order valence-electron chi connectivity index (χ0n) is 23.4. The summed E-state index contributed by atoms with van der Waals surface area (Å²) in [5.74, 6) is -1.72. The van der Waals surface area contributed by atoms with Crippen LogP contribution in [0.5, 0.6) is 0 Å². The molecule has 2 bridgehead atoms. The second-order valence-corrected chi connectivity index (χ2v) is 13.3. The highest BCUT2D eigenvalue weighted by Crippen LogP contribution is 2.76. The van der Waals surface area contributed by atoms with Crippen molar-refractivity contribution in [2.24, 2.45) is 33.5 Å². The van der Waals surface area contributed by atoms with Crippen LogP contribution in [0.15, 0.2) is 30.3 Å². The number of ether oxygens (including phenoxy) is 3. The molecule has 0 aliphatic heterocycles. The lowest BCUT2D eigenvalue weighted by Crippen LogP contribution is -2.73. The number of carbonyl (C=O) groups excluding carboxylic acids is 4.